The topological polar surface area (TPSA) is 80.6 Å². The summed E-state index contributed by atoms with van der Waals surface area (Å²) in [6.45, 7) is 3.59. The summed E-state index contributed by atoms with van der Waals surface area (Å²) in [7, 11) is 0. The second-order valence-corrected chi connectivity index (χ2v) is 6.51. The van der Waals surface area contributed by atoms with Crippen LogP contribution < -0.4 is 15.7 Å². The normalized spacial score (nSPS) is 11.6. The number of nitrogens with zero attached hydrogens (tertiary/aromatic N) is 1. The van der Waals surface area contributed by atoms with E-state index in [1.165, 1.54) is 11.6 Å². The average Bonchev–Trinajstić information content (AvgIpc) is 2.69. The van der Waals surface area contributed by atoms with Crippen LogP contribution in [0.3, 0.4) is 0 Å². The number of carboxylic acids is 1. The van der Waals surface area contributed by atoms with Crippen molar-refractivity contribution >= 4 is 5.97 Å². The molecule has 0 amide bonds. The summed E-state index contributed by atoms with van der Waals surface area (Å²) < 4.78 is 7.26. The van der Waals surface area contributed by atoms with E-state index in [0.717, 1.165) is 11.3 Å². The van der Waals surface area contributed by atoms with Crippen LogP contribution in [0.15, 0.2) is 71.7 Å². The average molecular weight is 378 g/mol. The molecule has 2 N–H and O–H groups in total. The second-order valence-electron chi connectivity index (χ2n) is 6.51. The Bertz CT molecular complexity index is 1030. The Hall–Kier alpha value is -3.54. The third kappa shape index (κ3) is 4.23. The van der Waals surface area contributed by atoms with E-state index >= 15 is 0 Å². The van der Waals surface area contributed by atoms with Crippen LogP contribution >= 0.6 is 0 Å². The maximum atomic E-state index is 12.7. The van der Waals surface area contributed by atoms with Gasteiger partial charge in [-0.25, -0.2) is 4.68 Å². The highest BCUT2D eigenvalue weighted by Gasteiger charge is 2.20. The number of ether oxygens (including phenoxy) is 1. The number of benzene rings is 2. The third-order valence-electron chi connectivity index (χ3n) is 4.53. The molecule has 144 valence electrons. The van der Waals surface area contributed by atoms with E-state index in [2.05, 4.69) is 5.43 Å². The Morgan fingerprint density at radius 2 is 1.79 bits per heavy atom. The molecule has 1 unspecified atom stereocenters. The zero-order chi connectivity index (χ0) is 20.1. The molecule has 0 saturated heterocycles. The molecule has 0 aliphatic carbocycles. The van der Waals surface area contributed by atoms with Crippen LogP contribution in [-0.4, -0.2) is 15.8 Å². The Morgan fingerprint density at radius 3 is 2.50 bits per heavy atom. The standard InChI is InChI=1S/C22H22N2O4/c1-15-12-13-24(21(25)20(15)16(2)22(26)27)23-14-17-8-6-7-11-19(17)28-18-9-4-3-5-10-18/h3-13,16,23H,14H2,1-2H3,(H,26,27). The molecule has 1 atom stereocenters. The maximum absolute atomic E-state index is 12.7. The molecule has 1 aromatic heterocycles. The molecule has 3 rings (SSSR count). The van der Waals surface area contributed by atoms with Crippen LogP contribution in [0.4, 0.5) is 0 Å². The summed E-state index contributed by atoms with van der Waals surface area (Å²) in [6, 6.07) is 18.7. The van der Waals surface area contributed by atoms with Crippen molar-refractivity contribution in [2.24, 2.45) is 0 Å². The zero-order valence-electron chi connectivity index (χ0n) is 15.8. The number of nitrogens with one attached hydrogen (secondary N) is 1. The van der Waals surface area contributed by atoms with E-state index in [1.54, 1.807) is 19.2 Å². The molecule has 0 aliphatic heterocycles. The van der Waals surface area contributed by atoms with E-state index in [1.807, 2.05) is 54.6 Å². The number of aliphatic carboxylic acids is 1. The van der Waals surface area contributed by atoms with Crippen LogP contribution in [0.1, 0.15) is 29.5 Å². The van der Waals surface area contributed by atoms with Crippen LogP contribution in [0.2, 0.25) is 0 Å². The number of para-hydroxylation sites is 2. The number of carbonyl (C=O) groups is 1. The van der Waals surface area contributed by atoms with Gasteiger partial charge < -0.3 is 15.3 Å². The molecule has 0 spiro atoms. The van der Waals surface area contributed by atoms with Crippen LogP contribution in [0.25, 0.3) is 0 Å². The summed E-state index contributed by atoms with van der Waals surface area (Å²) in [4.78, 5) is 24.1. The van der Waals surface area contributed by atoms with Crippen molar-refractivity contribution in [3.05, 3.63) is 93.9 Å². The molecule has 6 heteroatoms. The number of aromatic nitrogens is 1. The lowest BCUT2D eigenvalue weighted by Gasteiger charge is -2.16. The van der Waals surface area contributed by atoms with Gasteiger partial charge in [-0.3, -0.25) is 9.59 Å². The highest BCUT2D eigenvalue weighted by Crippen LogP contribution is 2.25. The van der Waals surface area contributed by atoms with Gasteiger partial charge in [-0.2, -0.15) is 0 Å². The van der Waals surface area contributed by atoms with Crippen LogP contribution in [-0.2, 0) is 11.3 Å². The van der Waals surface area contributed by atoms with Crippen molar-refractivity contribution in [1.29, 1.82) is 0 Å². The number of aryl methyl sites for hydroxylation is 1. The fourth-order valence-corrected chi connectivity index (χ4v) is 2.95. The number of pyridine rings is 1. The van der Waals surface area contributed by atoms with Crippen LogP contribution in [0, 0.1) is 6.92 Å². The minimum Gasteiger partial charge on any atom is -0.481 e. The van der Waals surface area contributed by atoms with E-state index in [-0.39, 0.29) is 11.1 Å². The minimum atomic E-state index is -1.03. The summed E-state index contributed by atoms with van der Waals surface area (Å²) in [6.07, 6.45) is 1.61. The largest absolute Gasteiger partial charge is 0.481 e. The molecule has 2 aromatic carbocycles. The van der Waals surface area contributed by atoms with E-state index in [0.29, 0.717) is 17.9 Å². The highest BCUT2D eigenvalue weighted by atomic mass is 16.5. The van der Waals surface area contributed by atoms with Gasteiger partial charge in [0.2, 0.25) is 0 Å². The molecule has 3 aromatic rings. The van der Waals surface area contributed by atoms with Crippen molar-refractivity contribution in [3.8, 4) is 11.5 Å². The predicted molar refractivity (Wildman–Crippen MR) is 108 cm³/mol. The van der Waals surface area contributed by atoms with Crippen molar-refractivity contribution < 1.29 is 14.6 Å². The lowest BCUT2D eigenvalue weighted by atomic mass is 9.99. The zero-order valence-corrected chi connectivity index (χ0v) is 15.8. The number of hydrogen-bond acceptors (Lipinski definition) is 4. The quantitative estimate of drug-likeness (QED) is 0.652. The summed E-state index contributed by atoms with van der Waals surface area (Å²) in [5.41, 5.74) is 4.48. The highest BCUT2D eigenvalue weighted by molar-refractivity contribution is 5.75. The van der Waals surface area contributed by atoms with Gasteiger partial charge in [0.05, 0.1) is 12.5 Å². The monoisotopic (exact) mass is 378 g/mol. The van der Waals surface area contributed by atoms with Crippen molar-refractivity contribution in [1.82, 2.24) is 4.68 Å². The van der Waals surface area contributed by atoms with Gasteiger partial charge in [0.15, 0.2) is 0 Å². The lowest BCUT2D eigenvalue weighted by molar-refractivity contribution is -0.138. The third-order valence-corrected chi connectivity index (χ3v) is 4.53. The van der Waals surface area contributed by atoms with Gasteiger partial charge in [0.1, 0.15) is 11.5 Å². The van der Waals surface area contributed by atoms with Crippen molar-refractivity contribution in [2.45, 2.75) is 26.3 Å². The summed E-state index contributed by atoms with van der Waals surface area (Å²) >= 11 is 0. The molecule has 0 saturated carbocycles. The Morgan fingerprint density at radius 1 is 1.11 bits per heavy atom. The molecular weight excluding hydrogens is 356 g/mol. The maximum Gasteiger partial charge on any atom is 0.310 e. The molecule has 0 aliphatic rings. The van der Waals surface area contributed by atoms with E-state index in [9.17, 15) is 14.7 Å². The predicted octanol–water partition coefficient (Wildman–Crippen LogP) is 3.88. The SMILES string of the molecule is Cc1ccn(NCc2ccccc2Oc2ccccc2)c(=O)c1C(C)C(=O)O. The Kier molecular flexibility index (Phi) is 5.79. The van der Waals surface area contributed by atoms with Gasteiger partial charge in [-0.05, 0) is 43.7 Å². The van der Waals surface area contributed by atoms with E-state index in [4.69, 9.17) is 4.74 Å². The molecule has 0 bridgehead atoms. The van der Waals surface area contributed by atoms with Gasteiger partial charge in [-0.1, -0.05) is 36.4 Å². The number of rotatable bonds is 7. The second kappa shape index (κ2) is 8.43. The fourth-order valence-electron chi connectivity index (χ4n) is 2.95. The molecule has 1 heterocycles. The molecular formula is C22H22N2O4. The minimum absolute atomic E-state index is 0.274. The number of hydrogen-bond donors (Lipinski definition) is 2. The Labute approximate surface area is 163 Å². The van der Waals surface area contributed by atoms with E-state index < -0.39 is 11.9 Å². The van der Waals surface area contributed by atoms with Gasteiger partial charge in [-0.15, -0.1) is 0 Å². The fraction of sp³-hybridized carbons (Fsp3) is 0.182. The van der Waals surface area contributed by atoms with Gasteiger partial charge in [0, 0.05) is 17.3 Å². The molecule has 0 fully saturated rings. The number of carboxylic acid groups (broad SMARTS) is 1. The summed E-state index contributed by atoms with van der Waals surface area (Å²) in [5.74, 6) is -0.504. The smallest absolute Gasteiger partial charge is 0.310 e. The molecule has 28 heavy (non-hydrogen) atoms. The van der Waals surface area contributed by atoms with Crippen LogP contribution in [0.5, 0.6) is 11.5 Å². The molecule has 6 nitrogen and oxygen atoms in total. The first-order valence-electron chi connectivity index (χ1n) is 8.97. The molecule has 0 radical (unpaired) electrons. The summed E-state index contributed by atoms with van der Waals surface area (Å²) in [5, 5.41) is 9.27. The van der Waals surface area contributed by atoms with Gasteiger partial charge in [0.25, 0.3) is 5.56 Å². The van der Waals surface area contributed by atoms with Crippen molar-refractivity contribution in [2.75, 3.05) is 5.43 Å². The first-order valence-corrected chi connectivity index (χ1v) is 8.97. The lowest BCUT2D eigenvalue weighted by Crippen LogP contribution is -2.33. The first-order chi connectivity index (χ1) is 13.5. The van der Waals surface area contributed by atoms with Gasteiger partial charge >= 0.3 is 5.97 Å². The Balaban J connectivity index is 1.83. The van der Waals surface area contributed by atoms with Crippen molar-refractivity contribution in [3.63, 3.8) is 0 Å². The first kappa shape index (κ1) is 19.2.